The molecule has 1 aromatic heterocycles. The second-order valence-electron chi connectivity index (χ2n) is 7.55. The third kappa shape index (κ3) is 5.11. The number of benzene rings is 2. The van der Waals surface area contributed by atoms with Crippen LogP contribution in [0, 0.1) is 6.92 Å². The fourth-order valence-corrected chi connectivity index (χ4v) is 3.72. The molecule has 31 heavy (non-hydrogen) atoms. The van der Waals surface area contributed by atoms with Gasteiger partial charge in [-0.05, 0) is 57.0 Å². The fourth-order valence-electron chi connectivity index (χ4n) is 3.72. The Morgan fingerprint density at radius 2 is 2.00 bits per heavy atom. The van der Waals surface area contributed by atoms with Crippen molar-refractivity contribution >= 4 is 22.6 Å². The highest BCUT2D eigenvalue weighted by molar-refractivity contribution is 5.89. The summed E-state index contributed by atoms with van der Waals surface area (Å²) in [7, 11) is 1.64. The van der Waals surface area contributed by atoms with Gasteiger partial charge in [0.05, 0.1) is 16.9 Å². The predicted molar refractivity (Wildman–Crippen MR) is 123 cm³/mol. The Morgan fingerprint density at radius 3 is 2.71 bits per heavy atom. The molecule has 1 N–H and O–H groups in total. The van der Waals surface area contributed by atoms with Gasteiger partial charge in [0, 0.05) is 32.5 Å². The van der Waals surface area contributed by atoms with Crippen LogP contribution in [0.2, 0.25) is 0 Å². The summed E-state index contributed by atoms with van der Waals surface area (Å²) in [4.78, 5) is 32.8. The molecule has 0 spiro atoms. The molecule has 0 saturated heterocycles. The molecule has 7 nitrogen and oxygen atoms in total. The molecule has 1 atom stereocenters. The van der Waals surface area contributed by atoms with E-state index in [1.54, 1.807) is 22.6 Å². The van der Waals surface area contributed by atoms with Crippen LogP contribution in [0.1, 0.15) is 37.7 Å². The van der Waals surface area contributed by atoms with Crippen molar-refractivity contribution in [3.05, 3.63) is 70.3 Å². The summed E-state index contributed by atoms with van der Waals surface area (Å²) in [6, 6.07) is 14.3. The van der Waals surface area contributed by atoms with E-state index in [9.17, 15) is 9.59 Å². The fraction of sp³-hybridized carbons (Fsp3) is 0.375. The standard InChI is InChI=1S/C24H30N4O3/c1-5-27-22(26-21-13-7-6-12-20(21)23(27)29)18(3)28(14-9-15-31-4)24(30)25-19-11-8-10-17(2)16-19/h6-8,10-13,16,18H,5,9,14-15H2,1-4H3,(H,25,30). The van der Waals surface area contributed by atoms with E-state index in [0.717, 1.165) is 11.3 Å². The highest BCUT2D eigenvalue weighted by atomic mass is 16.5. The van der Waals surface area contributed by atoms with Gasteiger partial charge in [-0.1, -0.05) is 24.3 Å². The van der Waals surface area contributed by atoms with Crippen molar-refractivity contribution in [2.45, 2.75) is 39.8 Å². The number of methoxy groups -OCH3 is 1. The number of amides is 2. The lowest BCUT2D eigenvalue weighted by molar-refractivity contribution is 0.158. The lowest BCUT2D eigenvalue weighted by Crippen LogP contribution is -2.41. The molecule has 2 amide bonds. The number of nitrogens with zero attached hydrogens (tertiary/aromatic N) is 3. The first kappa shape index (κ1) is 22.5. The Morgan fingerprint density at radius 1 is 1.23 bits per heavy atom. The van der Waals surface area contributed by atoms with E-state index in [0.29, 0.717) is 42.8 Å². The number of aryl methyl sites for hydroxylation is 1. The molecule has 1 unspecified atom stereocenters. The Labute approximate surface area is 182 Å². The van der Waals surface area contributed by atoms with Crippen LogP contribution in [0.5, 0.6) is 0 Å². The number of para-hydroxylation sites is 1. The van der Waals surface area contributed by atoms with Gasteiger partial charge in [0.1, 0.15) is 5.82 Å². The zero-order chi connectivity index (χ0) is 22.4. The zero-order valence-electron chi connectivity index (χ0n) is 18.6. The lowest BCUT2D eigenvalue weighted by atomic mass is 10.2. The summed E-state index contributed by atoms with van der Waals surface area (Å²) in [5.41, 5.74) is 2.34. The predicted octanol–water partition coefficient (Wildman–Crippen LogP) is 4.36. The monoisotopic (exact) mass is 422 g/mol. The molecule has 164 valence electrons. The van der Waals surface area contributed by atoms with Crippen molar-refractivity contribution < 1.29 is 9.53 Å². The van der Waals surface area contributed by atoms with Crippen molar-refractivity contribution in [2.75, 3.05) is 25.6 Å². The molecule has 1 heterocycles. The number of fused-ring (bicyclic) bond motifs is 1. The number of carbonyl (C=O) groups excluding carboxylic acids is 1. The maximum atomic E-state index is 13.2. The van der Waals surface area contributed by atoms with Gasteiger partial charge in [0.25, 0.3) is 5.56 Å². The highest BCUT2D eigenvalue weighted by Gasteiger charge is 2.26. The molecular weight excluding hydrogens is 392 g/mol. The topological polar surface area (TPSA) is 76.5 Å². The van der Waals surface area contributed by atoms with Crippen LogP contribution in [-0.4, -0.2) is 40.7 Å². The van der Waals surface area contributed by atoms with Gasteiger partial charge in [0.2, 0.25) is 0 Å². The number of aromatic nitrogens is 2. The number of carbonyl (C=O) groups is 1. The van der Waals surface area contributed by atoms with Crippen LogP contribution in [0.25, 0.3) is 10.9 Å². The van der Waals surface area contributed by atoms with Gasteiger partial charge in [-0.3, -0.25) is 9.36 Å². The Balaban J connectivity index is 1.98. The highest BCUT2D eigenvalue weighted by Crippen LogP contribution is 2.22. The van der Waals surface area contributed by atoms with E-state index in [4.69, 9.17) is 9.72 Å². The molecule has 0 bridgehead atoms. The van der Waals surface area contributed by atoms with Crippen LogP contribution < -0.4 is 10.9 Å². The number of urea groups is 1. The summed E-state index contributed by atoms with van der Waals surface area (Å²) in [5.74, 6) is 0.572. The average Bonchev–Trinajstić information content (AvgIpc) is 2.76. The second-order valence-corrected chi connectivity index (χ2v) is 7.55. The van der Waals surface area contributed by atoms with Crippen LogP contribution in [0.3, 0.4) is 0 Å². The summed E-state index contributed by atoms with van der Waals surface area (Å²) >= 11 is 0. The molecule has 7 heteroatoms. The number of hydrogen-bond acceptors (Lipinski definition) is 4. The molecule has 3 aromatic rings. The molecule has 0 saturated carbocycles. The minimum absolute atomic E-state index is 0.0918. The number of anilines is 1. The Bertz CT molecular complexity index is 1110. The Hall–Kier alpha value is -3.19. The molecule has 3 rings (SSSR count). The maximum absolute atomic E-state index is 13.2. The summed E-state index contributed by atoms with van der Waals surface area (Å²) in [6.45, 7) is 7.28. The van der Waals surface area contributed by atoms with Gasteiger partial charge >= 0.3 is 6.03 Å². The first-order valence-electron chi connectivity index (χ1n) is 10.6. The van der Waals surface area contributed by atoms with Gasteiger partial charge in [-0.25, -0.2) is 9.78 Å². The number of rotatable bonds is 8. The van der Waals surface area contributed by atoms with Crippen LogP contribution >= 0.6 is 0 Å². The van der Waals surface area contributed by atoms with E-state index < -0.39 is 6.04 Å². The van der Waals surface area contributed by atoms with Crippen molar-refractivity contribution in [1.29, 1.82) is 0 Å². The van der Waals surface area contributed by atoms with E-state index in [1.807, 2.05) is 63.2 Å². The third-order valence-electron chi connectivity index (χ3n) is 5.33. The largest absolute Gasteiger partial charge is 0.385 e. The quantitative estimate of drug-likeness (QED) is 0.548. The Kier molecular flexibility index (Phi) is 7.41. The van der Waals surface area contributed by atoms with Gasteiger partial charge in [0.15, 0.2) is 0 Å². The zero-order valence-corrected chi connectivity index (χ0v) is 18.6. The summed E-state index contributed by atoms with van der Waals surface area (Å²) in [6.07, 6.45) is 0.673. The van der Waals surface area contributed by atoms with Gasteiger partial charge < -0.3 is 15.0 Å². The van der Waals surface area contributed by atoms with E-state index in [-0.39, 0.29) is 11.6 Å². The maximum Gasteiger partial charge on any atom is 0.322 e. The lowest BCUT2D eigenvalue weighted by Gasteiger charge is -2.30. The normalized spacial score (nSPS) is 12.0. The molecule has 0 aliphatic carbocycles. The third-order valence-corrected chi connectivity index (χ3v) is 5.33. The first-order chi connectivity index (χ1) is 15.0. The number of hydrogen-bond donors (Lipinski definition) is 1. The average molecular weight is 423 g/mol. The number of ether oxygens (including phenoxy) is 1. The molecule has 0 aliphatic heterocycles. The molecule has 2 aromatic carbocycles. The second kappa shape index (κ2) is 10.2. The van der Waals surface area contributed by atoms with Gasteiger partial charge in [-0.2, -0.15) is 0 Å². The van der Waals surface area contributed by atoms with Crippen molar-refractivity contribution in [3.63, 3.8) is 0 Å². The summed E-state index contributed by atoms with van der Waals surface area (Å²) < 4.78 is 6.83. The molecular formula is C24H30N4O3. The summed E-state index contributed by atoms with van der Waals surface area (Å²) in [5, 5.41) is 3.56. The van der Waals surface area contributed by atoms with Gasteiger partial charge in [-0.15, -0.1) is 0 Å². The molecule has 0 aliphatic rings. The minimum Gasteiger partial charge on any atom is -0.385 e. The van der Waals surface area contributed by atoms with Crippen molar-refractivity contribution in [3.8, 4) is 0 Å². The van der Waals surface area contributed by atoms with Crippen LogP contribution in [0.4, 0.5) is 10.5 Å². The van der Waals surface area contributed by atoms with E-state index >= 15 is 0 Å². The van der Waals surface area contributed by atoms with Crippen molar-refractivity contribution in [2.24, 2.45) is 0 Å². The first-order valence-corrected chi connectivity index (χ1v) is 10.6. The molecule has 0 fully saturated rings. The van der Waals surface area contributed by atoms with Crippen LogP contribution in [-0.2, 0) is 11.3 Å². The smallest absolute Gasteiger partial charge is 0.322 e. The van der Waals surface area contributed by atoms with E-state index in [1.165, 1.54) is 0 Å². The van der Waals surface area contributed by atoms with Crippen molar-refractivity contribution in [1.82, 2.24) is 14.5 Å². The molecule has 0 radical (unpaired) electrons. The van der Waals surface area contributed by atoms with Crippen LogP contribution in [0.15, 0.2) is 53.3 Å². The minimum atomic E-state index is -0.404. The van der Waals surface area contributed by atoms with E-state index in [2.05, 4.69) is 5.32 Å². The SMILES string of the molecule is CCn1c(C(C)N(CCCOC)C(=O)Nc2cccc(C)c2)nc2ccccc2c1=O. The number of nitrogens with one attached hydrogen (secondary N) is 1.